The Kier molecular flexibility index (Phi) is 5.21. The largest absolute Gasteiger partial charge is 0.497 e. The lowest BCUT2D eigenvalue weighted by atomic mass is 9.94. The number of hydrogen-bond donors (Lipinski definition) is 0. The number of fused-ring (bicyclic) bond motifs is 1. The van der Waals surface area contributed by atoms with Crippen LogP contribution in [0.3, 0.4) is 0 Å². The predicted molar refractivity (Wildman–Crippen MR) is 104 cm³/mol. The van der Waals surface area contributed by atoms with Gasteiger partial charge in [-0.05, 0) is 62.9 Å². The van der Waals surface area contributed by atoms with Crippen molar-refractivity contribution in [1.82, 2.24) is 0 Å². The number of amides is 1. The summed E-state index contributed by atoms with van der Waals surface area (Å²) in [6.45, 7) is 8.62. The number of hydrogen-bond acceptors (Lipinski definition) is 3. The van der Waals surface area contributed by atoms with Gasteiger partial charge in [-0.1, -0.05) is 18.2 Å². The van der Waals surface area contributed by atoms with Crippen LogP contribution < -0.4 is 14.4 Å². The highest BCUT2D eigenvalue weighted by Gasteiger charge is 2.32. The topological polar surface area (TPSA) is 38.8 Å². The molecule has 0 N–H and O–H groups in total. The molecule has 0 radical (unpaired) electrons. The van der Waals surface area contributed by atoms with Gasteiger partial charge in [0.15, 0.2) is 0 Å². The average Bonchev–Trinajstić information content (AvgIpc) is 2.63. The van der Waals surface area contributed by atoms with Crippen molar-refractivity contribution in [1.29, 1.82) is 0 Å². The molecule has 4 heteroatoms. The Morgan fingerprint density at radius 2 is 1.96 bits per heavy atom. The van der Waals surface area contributed by atoms with Gasteiger partial charge in [-0.2, -0.15) is 0 Å². The Balaban J connectivity index is 1.87. The molecule has 0 aromatic heterocycles. The monoisotopic (exact) mass is 353 g/mol. The van der Waals surface area contributed by atoms with Gasteiger partial charge >= 0.3 is 0 Å². The minimum Gasteiger partial charge on any atom is -0.497 e. The Hall–Kier alpha value is -2.49. The van der Waals surface area contributed by atoms with Gasteiger partial charge in [0, 0.05) is 17.8 Å². The zero-order valence-corrected chi connectivity index (χ0v) is 16.2. The number of anilines is 1. The van der Waals surface area contributed by atoms with Crippen LogP contribution in [0.2, 0.25) is 0 Å². The van der Waals surface area contributed by atoms with E-state index in [-0.39, 0.29) is 17.9 Å². The third-order valence-electron chi connectivity index (χ3n) is 4.91. The standard InChI is InChI=1S/C22H27NO3/c1-14(2)23(20-10-15(3)6-7-16(20)4)22(24)18-11-17-8-9-19(25-5)12-21(17)26-13-18/h6-10,12,14,18H,11,13H2,1-5H3. The number of nitrogens with zero attached hydrogens (tertiary/aromatic N) is 1. The van der Waals surface area contributed by atoms with Crippen LogP contribution in [0.25, 0.3) is 0 Å². The van der Waals surface area contributed by atoms with Crippen LogP contribution in [-0.4, -0.2) is 25.7 Å². The molecular formula is C22H27NO3. The van der Waals surface area contributed by atoms with Crippen molar-refractivity contribution in [2.45, 2.75) is 40.2 Å². The fraction of sp³-hybridized carbons (Fsp3) is 0.409. The smallest absolute Gasteiger partial charge is 0.234 e. The average molecular weight is 353 g/mol. The van der Waals surface area contributed by atoms with E-state index in [4.69, 9.17) is 9.47 Å². The van der Waals surface area contributed by atoms with Gasteiger partial charge in [0.05, 0.1) is 13.0 Å². The number of rotatable bonds is 4. The van der Waals surface area contributed by atoms with Gasteiger partial charge in [0.2, 0.25) is 5.91 Å². The predicted octanol–water partition coefficient (Wildman–Crippen LogP) is 4.30. The van der Waals surface area contributed by atoms with Gasteiger partial charge < -0.3 is 14.4 Å². The quantitative estimate of drug-likeness (QED) is 0.822. The van der Waals surface area contributed by atoms with Crippen LogP contribution in [0.15, 0.2) is 36.4 Å². The Morgan fingerprint density at radius 3 is 2.65 bits per heavy atom. The molecule has 138 valence electrons. The van der Waals surface area contributed by atoms with E-state index < -0.39 is 0 Å². The molecule has 0 spiro atoms. The molecule has 1 heterocycles. The lowest BCUT2D eigenvalue weighted by Crippen LogP contribution is -2.45. The zero-order chi connectivity index (χ0) is 18.8. The minimum absolute atomic E-state index is 0.0836. The fourth-order valence-corrected chi connectivity index (χ4v) is 3.47. The summed E-state index contributed by atoms with van der Waals surface area (Å²) in [5, 5.41) is 0. The third kappa shape index (κ3) is 3.55. The summed E-state index contributed by atoms with van der Waals surface area (Å²) in [7, 11) is 1.64. The second-order valence-electron chi connectivity index (χ2n) is 7.28. The summed E-state index contributed by atoms with van der Waals surface area (Å²) >= 11 is 0. The molecule has 1 aliphatic rings. The first-order chi connectivity index (χ1) is 12.4. The van der Waals surface area contributed by atoms with Crippen molar-refractivity contribution >= 4 is 11.6 Å². The second-order valence-corrected chi connectivity index (χ2v) is 7.28. The van der Waals surface area contributed by atoms with Crippen LogP contribution in [0.5, 0.6) is 11.5 Å². The maximum Gasteiger partial charge on any atom is 0.234 e. The molecule has 26 heavy (non-hydrogen) atoms. The van der Waals surface area contributed by atoms with Crippen LogP contribution in [0.4, 0.5) is 5.69 Å². The number of carbonyl (C=O) groups excluding carboxylic acids is 1. The van der Waals surface area contributed by atoms with Gasteiger partial charge in [-0.25, -0.2) is 0 Å². The van der Waals surface area contributed by atoms with E-state index in [1.165, 1.54) is 0 Å². The van der Waals surface area contributed by atoms with E-state index in [9.17, 15) is 4.79 Å². The first kappa shape index (κ1) is 18.3. The van der Waals surface area contributed by atoms with E-state index in [0.717, 1.165) is 33.9 Å². The van der Waals surface area contributed by atoms with E-state index in [0.29, 0.717) is 13.0 Å². The highest BCUT2D eigenvalue weighted by Crippen LogP contribution is 2.33. The van der Waals surface area contributed by atoms with Gasteiger partial charge in [-0.3, -0.25) is 4.79 Å². The Labute approximate surface area is 155 Å². The van der Waals surface area contributed by atoms with Crippen molar-refractivity contribution in [2.75, 3.05) is 18.6 Å². The molecule has 0 bridgehead atoms. The van der Waals surface area contributed by atoms with Gasteiger partial charge in [0.1, 0.15) is 18.1 Å². The molecule has 2 aromatic carbocycles. The van der Waals surface area contributed by atoms with Crippen molar-refractivity contribution in [2.24, 2.45) is 5.92 Å². The van der Waals surface area contributed by atoms with Crippen LogP contribution >= 0.6 is 0 Å². The summed E-state index contributed by atoms with van der Waals surface area (Å²) in [5.41, 5.74) is 4.31. The molecular weight excluding hydrogens is 326 g/mol. The molecule has 1 aliphatic heterocycles. The zero-order valence-electron chi connectivity index (χ0n) is 16.2. The molecule has 1 atom stereocenters. The molecule has 3 rings (SSSR count). The number of methoxy groups -OCH3 is 1. The number of ether oxygens (including phenoxy) is 2. The Bertz CT molecular complexity index is 813. The molecule has 4 nitrogen and oxygen atoms in total. The maximum atomic E-state index is 13.4. The third-order valence-corrected chi connectivity index (χ3v) is 4.91. The minimum atomic E-state index is -0.182. The number of aryl methyl sites for hydroxylation is 2. The van der Waals surface area contributed by atoms with Crippen molar-refractivity contribution < 1.29 is 14.3 Å². The van der Waals surface area contributed by atoms with Gasteiger partial charge in [0.25, 0.3) is 0 Å². The molecule has 0 aliphatic carbocycles. The molecule has 1 unspecified atom stereocenters. The first-order valence-corrected chi connectivity index (χ1v) is 9.10. The van der Waals surface area contributed by atoms with Crippen molar-refractivity contribution in [3.8, 4) is 11.5 Å². The normalized spacial score (nSPS) is 16.0. The number of benzene rings is 2. The summed E-state index contributed by atoms with van der Waals surface area (Å²) in [6, 6.07) is 12.1. The summed E-state index contributed by atoms with van der Waals surface area (Å²) in [4.78, 5) is 15.3. The lowest BCUT2D eigenvalue weighted by Gasteiger charge is -2.34. The summed E-state index contributed by atoms with van der Waals surface area (Å²) in [5.74, 6) is 1.53. The molecule has 1 amide bonds. The summed E-state index contributed by atoms with van der Waals surface area (Å²) < 4.78 is 11.1. The van der Waals surface area contributed by atoms with Gasteiger partial charge in [-0.15, -0.1) is 0 Å². The first-order valence-electron chi connectivity index (χ1n) is 9.10. The van der Waals surface area contributed by atoms with Crippen LogP contribution in [0.1, 0.15) is 30.5 Å². The Morgan fingerprint density at radius 1 is 1.19 bits per heavy atom. The lowest BCUT2D eigenvalue weighted by molar-refractivity contribution is -0.124. The highest BCUT2D eigenvalue weighted by molar-refractivity contribution is 5.96. The maximum absolute atomic E-state index is 13.4. The fourth-order valence-electron chi connectivity index (χ4n) is 3.47. The highest BCUT2D eigenvalue weighted by atomic mass is 16.5. The van der Waals surface area contributed by atoms with Crippen molar-refractivity contribution in [3.63, 3.8) is 0 Å². The molecule has 0 saturated heterocycles. The van der Waals surface area contributed by atoms with Crippen LogP contribution in [0, 0.1) is 19.8 Å². The van der Waals surface area contributed by atoms with E-state index in [2.05, 4.69) is 45.9 Å². The molecule has 0 saturated carbocycles. The molecule has 0 fully saturated rings. The van der Waals surface area contributed by atoms with E-state index >= 15 is 0 Å². The van der Waals surface area contributed by atoms with Crippen LogP contribution in [-0.2, 0) is 11.2 Å². The molecule has 2 aromatic rings. The van der Waals surface area contributed by atoms with E-state index in [1.807, 2.05) is 23.1 Å². The summed E-state index contributed by atoms with van der Waals surface area (Å²) in [6.07, 6.45) is 0.687. The SMILES string of the molecule is COc1ccc2c(c1)OCC(C(=O)N(c1cc(C)ccc1C)C(C)C)C2. The second kappa shape index (κ2) is 7.40. The number of carbonyl (C=O) groups is 1. The van der Waals surface area contributed by atoms with Crippen molar-refractivity contribution in [3.05, 3.63) is 53.1 Å². The van der Waals surface area contributed by atoms with E-state index in [1.54, 1.807) is 7.11 Å².